The summed E-state index contributed by atoms with van der Waals surface area (Å²) in [4.78, 5) is 10.4. The van der Waals surface area contributed by atoms with Crippen LogP contribution in [0.1, 0.15) is 5.56 Å². The topological polar surface area (TPSA) is 85.6 Å². The van der Waals surface area contributed by atoms with Crippen LogP contribution in [0.3, 0.4) is 0 Å². The molecule has 0 spiro atoms. The smallest absolute Gasteiger partial charge is 0.449 e. The van der Waals surface area contributed by atoms with Crippen molar-refractivity contribution in [2.75, 3.05) is 0 Å². The molecule has 0 aliphatic carbocycles. The van der Waals surface area contributed by atoms with Crippen LogP contribution in [-0.2, 0) is 16.2 Å². The molecule has 3 rings (SSSR count). The number of alkyl halides is 3. The highest BCUT2D eigenvalue weighted by Gasteiger charge is 2.31. The summed E-state index contributed by atoms with van der Waals surface area (Å²) in [7, 11) is -4.32. The number of carbonyl (C=O) groups is 1. The zero-order valence-corrected chi connectivity index (χ0v) is 14.6. The summed E-state index contributed by atoms with van der Waals surface area (Å²) in [6.45, 7) is 0. The van der Waals surface area contributed by atoms with E-state index in [1.54, 1.807) is 0 Å². The third kappa shape index (κ3) is 3.58. The van der Waals surface area contributed by atoms with E-state index in [1.807, 2.05) is 0 Å². The Kier molecular flexibility index (Phi) is 4.56. The summed E-state index contributed by atoms with van der Waals surface area (Å²) in [5.41, 5.74) is -0.948. The second-order valence-electron chi connectivity index (χ2n) is 5.35. The first kappa shape index (κ1) is 19.1. The third-order valence-corrected chi connectivity index (χ3v) is 5.55. The summed E-state index contributed by atoms with van der Waals surface area (Å²) >= 11 is 5.86. The molecule has 0 fully saturated rings. The van der Waals surface area contributed by atoms with Crippen LogP contribution in [-0.4, -0.2) is 23.7 Å². The predicted octanol–water partition coefficient (Wildman–Crippen LogP) is 4.61. The summed E-state index contributed by atoms with van der Waals surface area (Å²) < 4.78 is 69.0. The highest BCUT2D eigenvalue weighted by Crippen LogP contribution is 2.34. The number of ether oxygens (including phenoxy) is 1. The van der Waals surface area contributed by atoms with Gasteiger partial charge in [-0.05, 0) is 42.5 Å². The maximum atomic E-state index is 12.8. The fourth-order valence-electron chi connectivity index (χ4n) is 2.45. The Balaban J connectivity index is 2.17. The Morgan fingerprint density at radius 3 is 2.30 bits per heavy atom. The van der Waals surface area contributed by atoms with Gasteiger partial charge in [-0.3, -0.25) is 0 Å². The van der Waals surface area contributed by atoms with Gasteiger partial charge in [-0.25, -0.2) is 17.2 Å². The number of benzene rings is 2. The first-order valence-electron chi connectivity index (χ1n) is 7.14. The standard InChI is InChI=1S/C16H9ClF3NO5S/c17-10-3-6-13-12(7-10)14(26-15(22)23)8-21(13)27(24,25)11-4-1-9(2-5-11)16(18,19)20/h1-8H,(H,22,23). The molecule has 0 unspecified atom stereocenters. The fraction of sp³-hybridized carbons (Fsp3) is 0.0625. The van der Waals surface area contributed by atoms with Gasteiger partial charge in [-0.15, -0.1) is 0 Å². The monoisotopic (exact) mass is 419 g/mol. The van der Waals surface area contributed by atoms with Crippen molar-refractivity contribution in [3.63, 3.8) is 0 Å². The van der Waals surface area contributed by atoms with Crippen LogP contribution in [0.15, 0.2) is 53.6 Å². The van der Waals surface area contributed by atoms with Crippen molar-refractivity contribution in [3.8, 4) is 5.75 Å². The number of hydrogen-bond donors (Lipinski definition) is 1. The van der Waals surface area contributed by atoms with E-state index in [0.717, 1.165) is 22.3 Å². The van der Waals surface area contributed by atoms with Crippen LogP contribution < -0.4 is 4.74 Å². The molecule has 0 aliphatic rings. The number of hydrogen-bond acceptors (Lipinski definition) is 4. The highest BCUT2D eigenvalue weighted by molar-refractivity contribution is 7.90. The SMILES string of the molecule is O=C(O)Oc1cn(S(=O)(=O)c2ccc(C(F)(F)F)cc2)c2ccc(Cl)cc12. The number of carboxylic acid groups (broad SMARTS) is 1. The average Bonchev–Trinajstić information content (AvgIpc) is 2.92. The molecule has 0 saturated carbocycles. The minimum atomic E-state index is -4.61. The molecule has 11 heteroatoms. The third-order valence-electron chi connectivity index (χ3n) is 3.63. The number of aromatic nitrogens is 1. The van der Waals surface area contributed by atoms with Crippen LogP contribution in [0.2, 0.25) is 5.02 Å². The molecule has 0 amide bonds. The van der Waals surface area contributed by atoms with Gasteiger partial charge >= 0.3 is 12.3 Å². The number of rotatable bonds is 3. The molecule has 2 aromatic carbocycles. The molecule has 0 aliphatic heterocycles. The molecule has 3 aromatic rings. The van der Waals surface area contributed by atoms with Crippen molar-refractivity contribution in [2.24, 2.45) is 0 Å². The van der Waals surface area contributed by atoms with Crippen molar-refractivity contribution >= 4 is 38.7 Å². The molecule has 1 N–H and O–H groups in total. The summed E-state index contributed by atoms with van der Waals surface area (Å²) in [6.07, 6.45) is -5.36. The lowest BCUT2D eigenvalue weighted by Gasteiger charge is -2.10. The lowest BCUT2D eigenvalue weighted by Crippen LogP contribution is -2.13. The second kappa shape index (κ2) is 6.46. The van der Waals surface area contributed by atoms with Gasteiger partial charge in [0.25, 0.3) is 10.0 Å². The van der Waals surface area contributed by atoms with Crippen molar-refractivity contribution in [1.29, 1.82) is 0 Å². The summed E-state index contributed by atoms with van der Waals surface area (Å²) in [5.74, 6) is -0.282. The molecule has 142 valence electrons. The maximum Gasteiger partial charge on any atom is 0.511 e. The number of halogens is 4. The zero-order chi connectivity index (χ0) is 20.0. The second-order valence-corrected chi connectivity index (χ2v) is 7.60. The van der Waals surface area contributed by atoms with Gasteiger partial charge in [-0.1, -0.05) is 11.6 Å². The molecular weight excluding hydrogens is 411 g/mol. The molecule has 0 radical (unpaired) electrons. The van der Waals surface area contributed by atoms with Gasteiger partial charge in [0.05, 0.1) is 22.2 Å². The molecule has 0 atom stereocenters. The van der Waals surface area contributed by atoms with Gasteiger partial charge in [0.15, 0.2) is 5.75 Å². The van der Waals surface area contributed by atoms with Crippen LogP contribution in [0.5, 0.6) is 5.75 Å². The van der Waals surface area contributed by atoms with E-state index in [4.69, 9.17) is 16.7 Å². The maximum absolute atomic E-state index is 12.8. The van der Waals surface area contributed by atoms with Crippen molar-refractivity contribution in [1.82, 2.24) is 3.97 Å². The summed E-state index contributed by atoms with van der Waals surface area (Å²) in [5, 5.41) is 9.13. The zero-order valence-electron chi connectivity index (χ0n) is 13.1. The van der Waals surface area contributed by atoms with E-state index in [9.17, 15) is 26.4 Å². The largest absolute Gasteiger partial charge is 0.511 e. The van der Waals surface area contributed by atoms with Gasteiger partial charge in [-0.2, -0.15) is 13.2 Å². The van der Waals surface area contributed by atoms with Crippen molar-refractivity contribution in [2.45, 2.75) is 11.1 Å². The quantitative estimate of drug-likeness (QED) is 0.627. The van der Waals surface area contributed by atoms with E-state index in [1.165, 1.54) is 18.2 Å². The van der Waals surface area contributed by atoms with Crippen LogP contribution in [0.25, 0.3) is 10.9 Å². The predicted molar refractivity (Wildman–Crippen MR) is 89.6 cm³/mol. The first-order chi connectivity index (χ1) is 12.5. The van der Waals surface area contributed by atoms with Crippen molar-refractivity contribution < 1.29 is 36.2 Å². The van der Waals surface area contributed by atoms with E-state index in [-0.39, 0.29) is 21.7 Å². The minimum absolute atomic E-state index is 0.0514. The van der Waals surface area contributed by atoms with Gasteiger partial charge in [0.2, 0.25) is 0 Å². The van der Waals surface area contributed by atoms with E-state index in [0.29, 0.717) is 12.1 Å². The van der Waals surface area contributed by atoms with E-state index < -0.39 is 32.8 Å². The van der Waals surface area contributed by atoms with E-state index in [2.05, 4.69) is 4.74 Å². The fourth-order valence-corrected chi connectivity index (χ4v) is 3.98. The molecule has 0 saturated heterocycles. The summed E-state index contributed by atoms with van der Waals surface area (Å²) in [6, 6.07) is 6.94. The Bertz CT molecular complexity index is 1140. The first-order valence-corrected chi connectivity index (χ1v) is 8.96. The van der Waals surface area contributed by atoms with Crippen molar-refractivity contribution in [3.05, 3.63) is 59.2 Å². The number of nitrogens with zero attached hydrogens (tertiary/aromatic N) is 1. The van der Waals surface area contributed by atoms with Crippen LogP contribution in [0, 0.1) is 0 Å². The van der Waals surface area contributed by atoms with Gasteiger partial charge in [0, 0.05) is 10.4 Å². The highest BCUT2D eigenvalue weighted by atomic mass is 35.5. The normalized spacial score (nSPS) is 12.3. The Hall–Kier alpha value is -2.72. The Labute approximate surface area is 155 Å². The number of fused-ring (bicyclic) bond motifs is 1. The molecule has 1 aromatic heterocycles. The van der Waals surface area contributed by atoms with Crippen LogP contribution >= 0.6 is 11.6 Å². The Morgan fingerprint density at radius 2 is 1.74 bits per heavy atom. The molecule has 0 bridgehead atoms. The van der Waals surface area contributed by atoms with Crippen LogP contribution in [0.4, 0.5) is 18.0 Å². The molecule has 1 heterocycles. The lowest BCUT2D eigenvalue weighted by atomic mass is 10.2. The van der Waals surface area contributed by atoms with Gasteiger partial charge < -0.3 is 9.84 Å². The molecule has 27 heavy (non-hydrogen) atoms. The van der Waals surface area contributed by atoms with E-state index >= 15 is 0 Å². The molecule has 6 nitrogen and oxygen atoms in total. The lowest BCUT2D eigenvalue weighted by molar-refractivity contribution is -0.137. The molecular formula is C16H9ClF3NO5S. The minimum Gasteiger partial charge on any atom is -0.449 e. The average molecular weight is 420 g/mol. The van der Waals surface area contributed by atoms with Gasteiger partial charge in [0.1, 0.15) is 0 Å². The Morgan fingerprint density at radius 1 is 1.11 bits per heavy atom.